The van der Waals surface area contributed by atoms with E-state index in [2.05, 4.69) is 13.0 Å². The molecule has 1 aliphatic rings. The smallest absolute Gasteiger partial charge is 0.303 e. The van der Waals surface area contributed by atoms with Crippen LogP contribution in [-0.2, 0) is 4.79 Å². The summed E-state index contributed by atoms with van der Waals surface area (Å²) in [7, 11) is 0. The minimum atomic E-state index is -0.728. The van der Waals surface area contributed by atoms with Gasteiger partial charge in [-0.25, -0.2) is 0 Å². The molecule has 5 nitrogen and oxygen atoms in total. The number of carbonyl (C=O) groups is 1. The fraction of sp³-hybridized carbons (Fsp3) is 0.783. The van der Waals surface area contributed by atoms with Crippen molar-refractivity contribution >= 4 is 5.97 Å². The first-order valence-electron chi connectivity index (χ1n) is 11.0. The van der Waals surface area contributed by atoms with Crippen LogP contribution >= 0.6 is 0 Å². The van der Waals surface area contributed by atoms with Crippen molar-refractivity contribution in [2.45, 2.75) is 102 Å². The standard InChI is InChI=1S/C23H40O5/c1-2-3-9-13-19-20(22(26)17-21(19)25)16-15-18(24)12-10-7-5-4-6-8-11-14-23(27)28/h7,10,15-16,18-22,24-26H,2-6,8-9,11-14,17H2,1H3,(H,27,28)/b10-7-,16-15+. The van der Waals surface area contributed by atoms with Crippen molar-refractivity contribution in [3.63, 3.8) is 0 Å². The number of aliphatic hydroxyl groups excluding tert-OH is 3. The van der Waals surface area contributed by atoms with Crippen LogP contribution in [0.25, 0.3) is 0 Å². The monoisotopic (exact) mass is 396 g/mol. The quantitative estimate of drug-likeness (QED) is 0.245. The van der Waals surface area contributed by atoms with Crippen molar-refractivity contribution in [3.05, 3.63) is 24.3 Å². The molecule has 28 heavy (non-hydrogen) atoms. The first-order chi connectivity index (χ1) is 13.5. The molecule has 162 valence electrons. The highest BCUT2D eigenvalue weighted by Gasteiger charge is 2.39. The lowest BCUT2D eigenvalue weighted by atomic mass is 9.88. The summed E-state index contributed by atoms with van der Waals surface area (Å²) in [6.07, 6.45) is 16.3. The predicted octanol–water partition coefficient (Wildman–Crippen LogP) is 4.21. The highest BCUT2D eigenvalue weighted by molar-refractivity contribution is 5.66. The van der Waals surface area contributed by atoms with Gasteiger partial charge in [-0.15, -0.1) is 0 Å². The van der Waals surface area contributed by atoms with E-state index < -0.39 is 24.3 Å². The van der Waals surface area contributed by atoms with E-state index in [1.165, 1.54) is 0 Å². The zero-order valence-corrected chi connectivity index (χ0v) is 17.4. The van der Waals surface area contributed by atoms with Crippen molar-refractivity contribution in [2.24, 2.45) is 11.8 Å². The van der Waals surface area contributed by atoms with E-state index in [9.17, 15) is 20.1 Å². The molecular formula is C23H40O5. The van der Waals surface area contributed by atoms with Crippen LogP contribution in [0.3, 0.4) is 0 Å². The molecule has 0 spiro atoms. The van der Waals surface area contributed by atoms with Crippen LogP contribution in [0.2, 0.25) is 0 Å². The number of unbranched alkanes of at least 4 members (excludes halogenated alkanes) is 6. The minimum Gasteiger partial charge on any atom is -0.481 e. The van der Waals surface area contributed by atoms with E-state index in [4.69, 9.17) is 5.11 Å². The van der Waals surface area contributed by atoms with Gasteiger partial charge in [0.05, 0.1) is 18.3 Å². The summed E-state index contributed by atoms with van der Waals surface area (Å²) < 4.78 is 0. The van der Waals surface area contributed by atoms with Gasteiger partial charge in [-0.2, -0.15) is 0 Å². The Kier molecular flexibility index (Phi) is 13.1. The zero-order chi connectivity index (χ0) is 20.8. The van der Waals surface area contributed by atoms with Crippen LogP contribution in [0.4, 0.5) is 0 Å². The first kappa shape index (κ1) is 24.9. The summed E-state index contributed by atoms with van der Waals surface area (Å²) in [6, 6.07) is 0. The fourth-order valence-corrected chi connectivity index (χ4v) is 3.99. The Morgan fingerprint density at radius 1 is 1.04 bits per heavy atom. The van der Waals surface area contributed by atoms with E-state index in [0.29, 0.717) is 12.8 Å². The summed E-state index contributed by atoms with van der Waals surface area (Å²) in [4.78, 5) is 10.4. The second-order valence-corrected chi connectivity index (χ2v) is 8.11. The molecule has 0 aromatic heterocycles. The molecule has 0 aromatic carbocycles. The molecule has 1 saturated carbocycles. The normalized spacial score (nSPS) is 26.4. The Morgan fingerprint density at radius 2 is 1.79 bits per heavy atom. The van der Waals surface area contributed by atoms with Gasteiger partial charge in [0.15, 0.2) is 0 Å². The number of rotatable bonds is 15. The van der Waals surface area contributed by atoms with Crippen LogP contribution < -0.4 is 0 Å². The Labute approximate surface area is 170 Å². The third-order valence-electron chi connectivity index (χ3n) is 5.67. The SMILES string of the molecule is CCCCCC1C(O)CC(O)C1/C=C/C(O)C/C=C\CCCCCCC(=O)O. The third kappa shape index (κ3) is 10.4. The van der Waals surface area contributed by atoms with Gasteiger partial charge in [-0.3, -0.25) is 4.79 Å². The maximum Gasteiger partial charge on any atom is 0.303 e. The van der Waals surface area contributed by atoms with E-state index in [1.54, 1.807) is 6.08 Å². The summed E-state index contributed by atoms with van der Waals surface area (Å²) in [6.45, 7) is 2.15. The number of hydrogen-bond acceptors (Lipinski definition) is 4. The van der Waals surface area contributed by atoms with Crippen molar-refractivity contribution in [3.8, 4) is 0 Å². The number of allylic oxidation sites excluding steroid dienone is 1. The first-order valence-corrected chi connectivity index (χ1v) is 11.0. The van der Waals surface area contributed by atoms with Gasteiger partial charge < -0.3 is 20.4 Å². The van der Waals surface area contributed by atoms with Gasteiger partial charge in [0.1, 0.15) is 0 Å². The lowest BCUT2D eigenvalue weighted by molar-refractivity contribution is -0.137. The van der Waals surface area contributed by atoms with E-state index in [-0.39, 0.29) is 18.3 Å². The average molecular weight is 397 g/mol. The Bertz CT molecular complexity index is 474. The molecule has 0 radical (unpaired) electrons. The number of carboxylic acid groups (broad SMARTS) is 1. The van der Waals surface area contributed by atoms with Gasteiger partial charge in [-0.1, -0.05) is 63.3 Å². The second kappa shape index (κ2) is 14.8. The van der Waals surface area contributed by atoms with Crippen molar-refractivity contribution in [2.75, 3.05) is 0 Å². The van der Waals surface area contributed by atoms with E-state index in [0.717, 1.165) is 57.8 Å². The number of hydrogen-bond donors (Lipinski definition) is 4. The lowest BCUT2D eigenvalue weighted by Crippen LogP contribution is -2.21. The topological polar surface area (TPSA) is 98.0 Å². The average Bonchev–Trinajstić information content (AvgIpc) is 2.91. The lowest BCUT2D eigenvalue weighted by Gasteiger charge is -2.21. The Hall–Kier alpha value is -1.17. The molecule has 0 amide bonds. The Balaban J connectivity index is 2.25. The molecular weight excluding hydrogens is 356 g/mol. The van der Waals surface area contributed by atoms with Crippen LogP contribution in [-0.4, -0.2) is 44.7 Å². The minimum absolute atomic E-state index is 0.0729. The highest BCUT2D eigenvalue weighted by Crippen LogP contribution is 2.37. The molecule has 5 atom stereocenters. The molecule has 1 aliphatic carbocycles. The molecule has 0 saturated heterocycles. The van der Waals surface area contributed by atoms with Gasteiger partial charge in [0.25, 0.3) is 0 Å². The van der Waals surface area contributed by atoms with Crippen molar-refractivity contribution in [1.29, 1.82) is 0 Å². The molecule has 5 heteroatoms. The summed E-state index contributed by atoms with van der Waals surface area (Å²) >= 11 is 0. The summed E-state index contributed by atoms with van der Waals surface area (Å²) in [5.41, 5.74) is 0. The molecule has 4 N–H and O–H groups in total. The van der Waals surface area contributed by atoms with Gasteiger partial charge in [-0.05, 0) is 38.0 Å². The summed E-state index contributed by atoms with van der Waals surface area (Å²) in [5, 5.41) is 39.2. The van der Waals surface area contributed by atoms with Crippen molar-refractivity contribution in [1.82, 2.24) is 0 Å². The van der Waals surface area contributed by atoms with Gasteiger partial charge in [0.2, 0.25) is 0 Å². The fourth-order valence-electron chi connectivity index (χ4n) is 3.99. The third-order valence-corrected chi connectivity index (χ3v) is 5.67. The van der Waals surface area contributed by atoms with Crippen LogP contribution in [0.5, 0.6) is 0 Å². The van der Waals surface area contributed by atoms with Gasteiger partial charge in [0, 0.05) is 18.8 Å². The highest BCUT2D eigenvalue weighted by atomic mass is 16.4. The second-order valence-electron chi connectivity index (χ2n) is 8.11. The number of carboxylic acids is 1. The number of aliphatic carboxylic acids is 1. The van der Waals surface area contributed by atoms with Crippen LogP contribution in [0, 0.1) is 11.8 Å². The molecule has 5 unspecified atom stereocenters. The largest absolute Gasteiger partial charge is 0.481 e. The zero-order valence-electron chi connectivity index (χ0n) is 17.4. The summed E-state index contributed by atoms with van der Waals surface area (Å²) in [5.74, 6) is -0.716. The predicted molar refractivity (Wildman–Crippen MR) is 112 cm³/mol. The molecule has 0 heterocycles. The van der Waals surface area contributed by atoms with Crippen LogP contribution in [0.1, 0.15) is 84.0 Å². The molecule has 0 aromatic rings. The molecule has 1 rings (SSSR count). The molecule has 1 fully saturated rings. The molecule has 0 aliphatic heterocycles. The van der Waals surface area contributed by atoms with E-state index >= 15 is 0 Å². The maximum atomic E-state index is 10.4. The Morgan fingerprint density at radius 3 is 2.50 bits per heavy atom. The maximum absolute atomic E-state index is 10.4. The van der Waals surface area contributed by atoms with Gasteiger partial charge >= 0.3 is 5.97 Å². The number of aliphatic hydroxyl groups is 3. The van der Waals surface area contributed by atoms with Crippen molar-refractivity contribution < 1.29 is 25.2 Å². The van der Waals surface area contributed by atoms with Crippen LogP contribution in [0.15, 0.2) is 24.3 Å². The molecule has 0 bridgehead atoms. The van der Waals surface area contributed by atoms with E-state index in [1.807, 2.05) is 12.2 Å².